The Morgan fingerprint density at radius 1 is 1.15 bits per heavy atom. The largest absolute Gasteiger partial charge is 0.497 e. The van der Waals surface area contributed by atoms with Gasteiger partial charge >= 0.3 is 0 Å². The highest BCUT2D eigenvalue weighted by atomic mass is 35.5. The van der Waals surface area contributed by atoms with Gasteiger partial charge in [-0.05, 0) is 26.0 Å². The molecule has 0 aliphatic heterocycles. The van der Waals surface area contributed by atoms with Crippen molar-refractivity contribution in [1.29, 1.82) is 5.26 Å². The first kappa shape index (κ1) is 14.1. The Bertz CT molecular complexity index is 696. The van der Waals surface area contributed by atoms with Gasteiger partial charge in [-0.2, -0.15) is 10.2 Å². The Balaban J connectivity index is 2.42. The third-order valence-electron chi connectivity index (χ3n) is 2.61. The van der Waals surface area contributed by atoms with Crippen LogP contribution in [0.3, 0.4) is 0 Å². The van der Waals surface area contributed by atoms with Crippen LogP contribution in [0.25, 0.3) is 0 Å². The number of benzene rings is 1. The Hall–Kier alpha value is -2.32. The van der Waals surface area contributed by atoms with E-state index in [2.05, 4.69) is 9.97 Å². The van der Waals surface area contributed by atoms with Crippen LogP contribution in [0.5, 0.6) is 17.4 Å². The van der Waals surface area contributed by atoms with E-state index in [4.69, 9.17) is 26.3 Å². The summed E-state index contributed by atoms with van der Waals surface area (Å²) >= 11 is 5.99. The molecule has 2 aromatic rings. The molecule has 0 aliphatic carbocycles. The standard InChI is InChI=1S/C14H12ClN3O2/c1-8-13(15)17-9(2)18-14(8)20-12-5-10(7-16)4-11(6-12)19-3/h4-6H,1-3H3. The molecule has 0 atom stereocenters. The average Bonchev–Trinajstić information content (AvgIpc) is 2.43. The zero-order valence-corrected chi connectivity index (χ0v) is 12.0. The molecule has 6 heteroatoms. The van der Waals surface area contributed by atoms with Crippen molar-refractivity contribution >= 4 is 11.6 Å². The molecule has 2 rings (SSSR count). The fourth-order valence-electron chi connectivity index (χ4n) is 1.59. The van der Waals surface area contributed by atoms with Gasteiger partial charge in [0.1, 0.15) is 22.5 Å². The van der Waals surface area contributed by atoms with Gasteiger partial charge in [0, 0.05) is 11.6 Å². The number of nitriles is 1. The van der Waals surface area contributed by atoms with E-state index in [1.807, 2.05) is 6.07 Å². The van der Waals surface area contributed by atoms with E-state index >= 15 is 0 Å². The molecule has 0 amide bonds. The van der Waals surface area contributed by atoms with Crippen molar-refractivity contribution in [3.63, 3.8) is 0 Å². The van der Waals surface area contributed by atoms with Gasteiger partial charge in [-0.3, -0.25) is 0 Å². The van der Waals surface area contributed by atoms with Gasteiger partial charge in [-0.25, -0.2) is 4.98 Å². The van der Waals surface area contributed by atoms with E-state index in [9.17, 15) is 0 Å². The topological polar surface area (TPSA) is 68.0 Å². The zero-order valence-electron chi connectivity index (χ0n) is 11.3. The highest BCUT2D eigenvalue weighted by molar-refractivity contribution is 6.30. The van der Waals surface area contributed by atoms with Crippen molar-refractivity contribution in [1.82, 2.24) is 9.97 Å². The maximum Gasteiger partial charge on any atom is 0.226 e. The van der Waals surface area contributed by atoms with Crippen LogP contribution in [0, 0.1) is 25.2 Å². The van der Waals surface area contributed by atoms with Gasteiger partial charge in [-0.1, -0.05) is 11.6 Å². The van der Waals surface area contributed by atoms with Crippen molar-refractivity contribution < 1.29 is 9.47 Å². The lowest BCUT2D eigenvalue weighted by Gasteiger charge is -2.10. The first-order chi connectivity index (χ1) is 9.53. The third-order valence-corrected chi connectivity index (χ3v) is 2.98. The number of halogens is 1. The molecule has 20 heavy (non-hydrogen) atoms. The average molecular weight is 290 g/mol. The van der Waals surface area contributed by atoms with Crippen LogP contribution in [-0.2, 0) is 0 Å². The summed E-state index contributed by atoms with van der Waals surface area (Å²) in [7, 11) is 1.53. The Labute approximate surface area is 121 Å². The van der Waals surface area contributed by atoms with Crippen LogP contribution in [0.4, 0.5) is 0 Å². The second-order valence-corrected chi connectivity index (χ2v) is 4.46. The molecule has 1 aromatic heterocycles. The molecule has 0 saturated carbocycles. The van der Waals surface area contributed by atoms with Crippen LogP contribution in [0.15, 0.2) is 18.2 Å². The van der Waals surface area contributed by atoms with Crippen LogP contribution < -0.4 is 9.47 Å². The molecule has 102 valence electrons. The van der Waals surface area contributed by atoms with Crippen molar-refractivity contribution in [3.8, 4) is 23.4 Å². The molecule has 1 aromatic carbocycles. The molecule has 0 saturated heterocycles. The summed E-state index contributed by atoms with van der Waals surface area (Å²) < 4.78 is 10.8. The smallest absolute Gasteiger partial charge is 0.226 e. The summed E-state index contributed by atoms with van der Waals surface area (Å²) in [6.07, 6.45) is 0. The predicted molar refractivity (Wildman–Crippen MR) is 74.3 cm³/mol. The quantitative estimate of drug-likeness (QED) is 0.810. The predicted octanol–water partition coefficient (Wildman–Crippen LogP) is 3.42. The highest BCUT2D eigenvalue weighted by Crippen LogP contribution is 2.30. The Kier molecular flexibility index (Phi) is 4.06. The molecular formula is C14H12ClN3O2. The molecule has 0 bridgehead atoms. The Morgan fingerprint density at radius 2 is 1.85 bits per heavy atom. The number of aryl methyl sites for hydroxylation is 1. The molecule has 0 fully saturated rings. The number of aromatic nitrogens is 2. The summed E-state index contributed by atoms with van der Waals surface area (Å²) in [6.45, 7) is 3.49. The summed E-state index contributed by atoms with van der Waals surface area (Å²) in [6, 6.07) is 6.95. The van der Waals surface area contributed by atoms with Crippen LogP contribution in [-0.4, -0.2) is 17.1 Å². The van der Waals surface area contributed by atoms with Gasteiger partial charge in [0.2, 0.25) is 5.88 Å². The normalized spacial score (nSPS) is 9.95. The maximum atomic E-state index is 8.98. The molecule has 0 radical (unpaired) electrons. The molecule has 0 aliphatic rings. The second-order valence-electron chi connectivity index (χ2n) is 4.10. The first-order valence-electron chi connectivity index (χ1n) is 5.81. The summed E-state index contributed by atoms with van der Waals surface area (Å²) in [4.78, 5) is 8.24. The number of methoxy groups -OCH3 is 1. The number of hydrogen-bond donors (Lipinski definition) is 0. The fraction of sp³-hybridized carbons (Fsp3) is 0.214. The minimum absolute atomic E-state index is 0.343. The van der Waals surface area contributed by atoms with Crippen molar-refractivity contribution in [2.24, 2.45) is 0 Å². The monoisotopic (exact) mass is 289 g/mol. The summed E-state index contributed by atoms with van der Waals surface area (Å²) in [5.41, 5.74) is 1.08. The molecular weight excluding hydrogens is 278 g/mol. The lowest BCUT2D eigenvalue weighted by molar-refractivity contribution is 0.406. The van der Waals surface area contributed by atoms with Gasteiger partial charge < -0.3 is 9.47 Å². The van der Waals surface area contributed by atoms with Crippen LogP contribution in [0.2, 0.25) is 5.15 Å². The third kappa shape index (κ3) is 2.98. The van der Waals surface area contributed by atoms with Crippen molar-refractivity contribution in [3.05, 3.63) is 40.3 Å². The van der Waals surface area contributed by atoms with E-state index in [-0.39, 0.29) is 0 Å². The number of ether oxygens (including phenoxy) is 2. The van der Waals surface area contributed by atoms with E-state index in [0.29, 0.717) is 39.5 Å². The zero-order chi connectivity index (χ0) is 14.7. The molecule has 0 spiro atoms. The van der Waals surface area contributed by atoms with E-state index in [1.54, 1.807) is 32.0 Å². The number of nitrogens with zero attached hydrogens (tertiary/aromatic N) is 3. The van der Waals surface area contributed by atoms with Gasteiger partial charge in [-0.15, -0.1) is 0 Å². The molecule has 0 unspecified atom stereocenters. The summed E-state index contributed by atoms with van der Waals surface area (Å²) in [5, 5.41) is 9.33. The lowest BCUT2D eigenvalue weighted by atomic mass is 10.2. The maximum absolute atomic E-state index is 8.98. The lowest BCUT2D eigenvalue weighted by Crippen LogP contribution is -1.98. The van der Waals surface area contributed by atoms with E-state index in [0.717, 1.165) is 0 Å². The fourth-order valence-corrected chi connectivity index (χ4v) is 1.80. The molecule has 0 N–H and O–H groups in total. The van der Waals surface area contributed by atoms with E-state index in [1.165, 1.54) is 7.11 Å². The van der Waals surface area contributed by atoms with Crippen LogP contribution in [0.1, 0.15) is 17.0 Å². The molecule has 1 heterocycles. The van der Waals surface area contributed by atoms with E-state index < -0.39 is 0 Å². The number of hydrogen-bond acceptors (Lipinski definition) is 5. The minimum Gasteiger partial charge on any atom is -0.497 e. The highest BCUT2D eigenvalue weighted by Gasteiger charge is 2.11. The van der Waals surface area contributed by atoms with Gasteiger partial charge in [0.25, 0.3) is 0 Å². The summed E-state index contributed by atoms with van der Waals surface area (Å²) in [5.74, 6) is 1.87. The van der Waals surface area contributed by atoms with Crippen molar-refractivity contribution in [2.75, 3.05) is 7.11 Å². The molecule has 5 nitrogen and oxygen atoms in total. The second kappa shape index (κ2) is 5.76. The van der Waals surface area contributed by atoms with Gasteiger partial charge in [0.05, 0.1) is 18.7 Å². The SMILES string of the molecule is COc1cc(C#N)cc(Oc2nc(C)nc(Cl)c2C)c1. The minimum atomic E-state index is 0.343. The van der Waals surface area contributed by atoms with Gasteiger partial charge in [0.15, 0.2) is 0 Å². The van der Waals surface area contributed by atoms with Crippen molar-refractivity contribution in [2.45, 2.75) is 13.8 Å². The first-order valence-corrected chi connectivity index (χ1v) is 6.19. The number of rotatable bonds is 3. The Morgan fingerprint density at radius 3 is 2.50 bits per heavy atom. The van der Waals surface area contributed by atoms with Crippen LogP contribution >= 0.6 is 11.6 Å².